The van der Waals surface area contributed by atoms with Gasteiger partial charge in [-0.1, -0.05) is 19.3 Å². The van der Waals surface area contributed by atoms with Gasteiger partial charge in [0.2, 0.25) is 5.91 Å². The Hall–Kier alpha value is -1.31. The van der Waals surface area contributed by atoms with Gasteiger partial charge in [-0.05, 0) is 25.7 Å². The van der Waals surface area contributed by atoms with Crippen LogP contribution in [0.3, 0.4) is 0 Å². The molecule has 3 amide bonds. The molecular weight excluding hydrogens is 318 g/mol. The molecule has 0 bridgehead atoms. The summed E-state index contributed by atoms with van der Waals surface area (Å²) in [7, 11) is -2.01. The molecule has 2 N–H and O–H groups in total. The highest BCUT2D eigenvalue weighted by Gasteiger charge is 2.33. The SMILES string of the molecule is CNC(=O)CS(=O)(=O)C1CCN(C(=O)NC2CCCCC2)CC1. The lowest BCUT2D eigenvalue weighted by molar-refractivity contribution is -0.118. The van der Waals surface area contributed by atoms with Crippen LogP contribution in [0.25, 0.3) is 0 Å². The molecule has 1 aliphatic heterocycles. The molecule has 2 fully saturated rings. The Morgan fingerprint density at radius 1 is 1.04 bits per heavy atom. The van der Waals surface area contributed by atoms with Crippen LogP contribution in [0.4, 0.5) is 4.79 Å². The number of sulfone groups is 1. The van der Waals surface area contributed by atoms with Crippen molar-refractivity contribution in [3.05, 3.63) is 0 Å². The maximum atomic E-state index is 12.2. The van der Waals surface area contributed by atoms with Gasteiger partial charge in [-0.2, -0.15) is 0 Å². The molecule has 0 unspecified atom stereocenters. The number of nitrogens with one attached hydrogen (secondary N) is 2. The lowest BCUT2D eigenvalue weighted by atomic mass is 9.96. The number of urea groups is 1. The number of amides is 3. The van der Waals surface area contributed by atoms with E-state index < -0.39 is 26.7 Å². The summed E-state index contributed by atoms with van der Waals surface area (Å²) < 4.78 is 24.3. The van der Waals surface area contributed by atoms with Gasteiger partial charge in [0.05, 0.1) is 5.25 Å². The van der Waals surface area contributed by atoms with Crippen molar-refractivity contribution >= 4 is 21.8 Å². The second kappa shape index (κ2) is 7.99. The third kappa shape index (κ3) is 5.09. The Balaban J connectivity index is 1.80. The average molecular weight is 345 g/mol. The predicted octanol–water partition coefficient (Wildman–Crippen LogP) is 0.654. The summed E-state index contributed by atoms with van der Waals surface area (Å²) in [5, 5.41) is 4.87. The summed E-state index contributed by atoms with van der Waals surface area (Å²) >= 11 is 0. The molecule has 0 aromatic rings. The third-order valence-corrected chi connectivity index (χ3v) is 6.93. The Morgan fingerprint density at radius 2 is 1.65 bits per heavy atom. The van der Waals surface area contributed by atoms with Crippen LogP contribution in [0.2, 0.25) is 0 Å². The van der Waals surface area contributed by atoms with Crippen molar-refractivity contribution in [2.24, 2.45) is 0 Å². The Kier molecular flexibility index (Phi) is 6.26. The number of hydrogen-bond acceptors (Lipinski definition) is 4. The molecule has 2 aliphatic rings. The zero-order valence-electron chi connectivity index (χ0n) is 13.7. The number of rotatable bonds is 4. The molecular formula is C15H27N3O4S. The van der Waals surface area contributed by atoms with Crippen molar-refractivity contribution in [3.8, 4) is 0 Å². The predicted molar refractivity (Wildman–Crippen MR) is 87.9 cm³/mol. The minimum atomic E-state index is -3.44. The first-order valence-electron chi connectivity index (χ1n) is 8.40. The molecule has 0 spiro atoms. The van der Waals surface area contributed by atoms with E-state index in [1.165, 1.54) is 13.5 Å². The van der Waals surface area contributed by atoms with Crippen molar-refractivity contribution in [2.75, 3.05) is 25.9 Å². The maximum absolute atomic E-state index is 12.2. The highest BCUT2D eigenvalue weighted by molar-refractivity contribution is 7.92. The highest BCUT2D eigenvalue weighted by atomic mass is 32.2. The first-order chi connectivity index (χ1) is 10.9. The van der Waals surface area contributed by atoms with E-state index in [1.807, 2.05) is 0 Å². The van der Waals surface area contributed by atoms with Crippen LogP contribution < -0.4 is 10.6 Å². The van der Waals surface area contributed by atoms with E-state index in [0.717, 1.165) is 25.7 Å². The molecule has 1 aliphatic carbocycles. The largest absolute Gasteiger partial charge is 0.358 e. The van der Waals surface area contributed by atoms with Gasteiger partial charge in [-0.15, -0.1) is 0 Å². The van der Waals surface area contributed by atoms with Crippen LogP contribution in [0.5, 0.6) is 0 Å². The van der Waals surface area contributed by atoms with Gasteiger partial charge in [0.15, 0.2) is 9.84 Å². The second-order valence-corrected chi connectivity index (χ2v) is 8.73. The van der Waals surface area contributed by atoms with Gasteiger partial charge < -0.3 is 15.5 Å². The van der Waals surface area contributed by atoms with E-state index in [-0.39, 0.29) is 12.1 Å². The van der Waals surface area contributed by atoms with Crippen molar-refractivity contribution in [2.45, 2.75) is 56.2 Å². The smallest absolute Gasteiger partial charge is 0.317 e. The van der Waals surface area contributed by atoms with Gasteiger partial charge >= 0.3 is 6.03 Å². The molecule has 23 heavy (non-hydrogen) atoms. The van der Waals surface area contributed by atoms with E-state index in [4.69, 9.17) is 0 Å². The molecule has 0 atom stereocenters. The Labute approximate surface area is 138 Å². The summed E-state index contributed by atoms with van der Waals surface area (Å²) in [5.41, 5.74) is 0. The summed E-state index contributed by atoms with van der Waals surface area (Å²) in [6.07, 6.45) is 6.41. The minimum absolute atomic E-state index is 0.0842. The number of hydrogen-bond donors (Lipinski definition) is 2. The average Bonchev–Trinajstić information content (AvgIpc) is 2.55. The van der Waals surface area contributed by atoms with Crippen LogP contribution in [-0.2, 0) is 14.6 Å². The fourth-order valence-corrected chi connectivity index (χ4v) is 4.98. The highest BCUT2D eigenvalue weighted by Crippen LogP contribution is 2.20. The van der Waals surface area contributed by atoms with Crippen LogP contribution in [0.1, 0.15) is 44.9 Å². The molecule has 8 heteroatoms. The summed E-state index contributed by atoms with van der Waals surface area (Å²) in [4.78, 5) is 25.2. The third-order valence-electron chi connectivity index (χ3n) is 4.78. The van der Waals surface area contributed by atoms with Crippen molar-refractivity contribution in [1.82, 2.24) is 15.5 Å². The number of carbonyl (C=O) groups excluding carboxylic acids is 2. The number of carbonyl (C=O) groups is 2. The molecule has 1 saturated heterocycles. The fourth-order valence-electron chi connectivity index (χ4n) is 3.30. The first-order valence-corrected chi connectivity index (χ1v) is 10.1. The summed E-state index contributed by atoms with van der Waals surface area (Å²) in [6, 6.07) is 0.171. The first kappa shape index (κ1) is 18.0. The maximum Gasteiger partial charge on any atom is 0.317 e. The molecule has 0 aromatic carbocycles. The van der Waals surface area contributed by atoms with E-state index >= 15 is 0 Å². The van der Waals surface area contributed by atoms with Crippen LogP contribution in [-0.4, -0.2) is 62.4 Å². The Bertz CT molecular complexity index is 521. The van der Waals surface area contributed by atoms with Gasteiger partial charge in [0.1, 0.15) is 5.75 Å². The topological polar surface area (TPSA) is 95.6 Å². The monoisotopic (exact) mass is 345 g/mol. The Morgan fingerprint density at radius 3 is 2.22 bits per heavy atom. The van der Waals surface area contributed by atoms with Gasteiger partial charge in [0.25, 0.3) is 0 Å². The van der Waals surface area contributed by atoms with Gasteiger partial charge in [0, 0.05) is 26.2 Å². The molecule has 0 radical (unpaired) electrons. The van der Waals surface area contributed by atoms with E-state index in [9.17, 15) is 18.0 Å². The van der Waals surface area contributed by atoms with Crippen molar-refractivity contribution in [3.63, 3.8) is 0 Å². The standard InChI is InChI=1S/C15H27N3O4S/c1-16-14(19)11-23(21,22)13-7-9-18(10-8-13)15(20)17-12-5-3-2-4-6-12/h12-13H,2-11H2,1H3,(H,16,19)(H,17,20). The fraction of sp³-hybridized carbons (Fsp3) is 0.867. The quantitative estimate of drug-likeness (QED) is 0.782. The van der Waals surface area contributed by atoms with Crippen LogP contribution in [0.15, 0.2) is 0 Å². The van der Waals surface area contributed by atoms with Gasteiger partial charge in [-0.3, -0.25) is 4.79 Å². The van der Waals surface area contributed by atoms with E-state index in [0.29, 0.717) is 25.9 Å². The van der Waals surface area contributed by atoms with Crippen molar-refractivity contribution in [1.29, 1.82) is 0 Å². The minimum Gasteiger partial charge on any atom is -0.358 e. The number of likely N-dealkylation sites (tertiary alicyclic amines) is 1. The second-order valence-electron chi connectivity index (χ2n) is 6.45. The van der Waals surface area contributed by atoms with Gasteiger partial charge in [-0.25, -0.2) is 13.2 Å². The molecule has 1 heterocycles. The summed E-state index contributed by atoms with van der Waals surface area (Å²) in [5.74, 6) is -0.954. The number of piperidine rings is 1. The van der Waals surface area contributed by atoms with Crippen molar-refractivity contribution < 1.29 is 18.0 Å². The number of nitrogens with zero attached hydrogens (tertiary/aromatic N) is 1. The molecule has 1 saturated carbocycles. The van der Waals surface area contributed by atoms with E-state index in [2.05, 4.69) is 10.6 Å². The normalized spacial score (nSPS) is 21.0. The lowest BCUT2D eigenvalue weighted by Gasteiger charge is -2.33. The van der Waals surface area contributed by atoms with Crippen LogP contribution >= 0.6 is 0 Å². The molecule has 7 nitrogen and oxygen atoms in total. The zero-order chi connectivity index (χ0) is 16.9. The molecule has 2 rings (SSSR count). The lowest BCUT2D eigenvalue weighted by Crippen LogP contribution is -2.50. The molecule has 132 valence electrons. The van der Waals surface area contributed by atoms with E-state index in [1.54, 1.807) is 4.90 Å². The van der Waals surface area contributed by atoms with Crippen LogP contribution in [0, 0.1) is 0 Å². The molecule has 0 aromatic heterocycles. The zero-order valence-corrected chi connectivity index (χ0v) is 14.5. The summed E-state index contributed by atoms with van der Waals surface area (Å²) in [6.45, 7) is 0.854.